The summed E-state index contributed by atoms with van der Waals surface area (Å²) in [7, 11) is 0. The number of benzene rings is 2. The van der Waals surface area contributed by atoms with Crippen LogP contribution in [0, 0.1) is 13.8 Å². The third kappa shape index (κ3) is 2.16. The second-order valence-electron chi connectivity index (χ2n) is 4.39. The highest BCUT2D eigenvalue weighted by atomic mass is 14.1. The molecule has 0 saturated heterocycles. The van der Waals surface area contributed by atoms with Crippen molar-refractivity contribution in [1.29, 1.82) is 0 Å². The number of rotatable bonds is 2. The first-order valence-corrected chi connectivity index (χ1v) is 5.87. The number of aryl methyl sites for hydroxylation is 3. The van der Waals surface area contributed by atoms with Gasteiger partial charge in [0, 0.05) is 0 Å². The first-order chi connectivity index (χ1) is 7.70. The van der Waals surface area contributed by atoms with Gasteiger partial charge in [0.1, 0.15) is 0 Å². The van der Waals surface area contributed by atoms with Crippen molar-refractivity contribution in [3.05, 3.63) is 59.2 Å². The van der Waals surface area contributed by atoms with E-state index in [1.165, 1.54) is 27.8 Å². The molecule has 0 nitrogen and oxygen atoms in total. The third-order valence-electron chi connectivity index (χ3n) is 2.93. The third-order valence-corrected chi connectivity index (χ3v) is 2.93. The summed E-state index contributed by atoms with van der Waals surface area (Å²) in [5.74, 6) is 0. The van der Waals surface area contributed by atoms with E-state index in [1.54, 1.807) is 0 Å². The molecule has 16 heavy (non-hydrogen) atoms. The zero-order valence-corrected chi connectivity index (χ0v) is 10.2. The second kappa shape index (κ2) is 4.52. The van der Waals surface area contributed by atoms with Gasteiger partial charge in [-0.2, -0.15) is 0 Å². The molecule has 2 aromatic rings. The van der Waals surface area contributed by atoms with Gasteiger partial charge in [0.2, 0.25) is 0 Å². The van der Waals surface area contributed by atoms with Crippen molar-refractivity contribution >= 4 is 0 Å². The Morgan fingerprint density at radius 1 is 0.875 bits per heavy atom. The van der Waals surface area contributed by atoms with Gasteiger partial charge in [0.05, 0.1) is 0 Å². The minimum absolute atomic E-state index is 1.09. The van der Waals surface area contributed by atoms with E-state index < -0.39 is 0 Å². The normalized spacial score (nSPS) is 10.4. The Balaban J connectivity index is 2.58. The van der Waals surface area contributed by atoms with Crippen LogP contribution in [0.1, 0.15) is 23.6 Å². The Hall–Kier alpha value is -1.56. The molecular weight excluding hydrogens is 192 g/mol. The fraction of sp³-hybridized carbons (Fsp3) is 0.250. The number of hydrogen-bond donors (Lipinski definition) is 0. The molecule has 0 heterocycles. The van der Waals surface area contributed by atoms with Crippen LogP contribution in [-0.4, -0.2) is 0 Å². The molecule has 0 aliphatic heterocycles. The highest BCUT2D eigenvalue weighted by molar-refractivity contribution is 5.68. The smallest absolute Gasteiger partial charge is 0.0152 e. The average molecular weight is 210 g/mol. The van der Waals surface area contributed by atoms with Crippen LogP contribution in [0.5, 0.6) is 0 Å². The molecule has 0 unspecified atom stereocenters. The molecule has 0 amide bonds. The molecule has 2 aromatic carbocycles. The second-order valence-corrected chi connectivity index (χ2v) is 4.39. The summed E-state index contributed by atoms with van der Waals surface area (Å²) >= 11 is 0. The molecule has 0 heteroatoms. The van der Waals surface area contributed by atoms with Gasteiger partial charge in [-0.3, -0.25) is 0 Å². The van der Waals surface area contributed by atoms with E-state index in [-0.39, 0.29) is 0 Å². The van der Waals surface area contributed by atoms with Gasteiger partial charge in [0.15, 0.2) is 0 Å². The summed E-state index contributed by atoms with van der Waals surface area (Å²) in [5, 5.41) is 0. The van der Waals surface area contributed by atoms with Crippen molar-refractivity contribution < 1.29 is 0 Å². The molecule has 0 aliphatic carbocycles. The Morgan fingerprint density at radius 2 is 1.50 bits per heavy atom. The maximum atomic E-state index is 2.27. The van der Waals surface area contributed by atoms with E-state index in [1.807, 2.05) is 0 Å². The van der Waals surface area contributed by atoms with E-state index in [2.05, 4.69) is 63.2 Å². The van der Waals surface area contributed by atoms with Gasteiger partial charge in [-0.1, -0.05) is 60.5 Å². The zero-order chi connectivity index (χ0) is 11.5. The SMILES string of the molecule is CCc1ccccc1-c1cc(C)cc(C)c1. The van der Waals surface area contributed by atoms with Crippen LogP contribution in [0.2, 0.25) is 0 Å². The van der Waals surface area contributed by atoms with Crippen molar-refractivity contribution in [2.75, 3.05) is 0 Å². The van der Waals surface area contributed by atoms with Crippen LogP contribution in [-0.2, 0) is 6.42 Å². The van der Waals surface area contributed by atoms with E-state index in [0.717, 1.165) is 6.42 Å². The van der Waals surface area contributed by atoms with Gasteiger partial charge >= 0.3 is 0 Å². The summed E-state index contributed by atoms with van der Waals surface area (Å²) in [6.07, 6.45) is 1.09. The highest BCUT2D eigenvalue weighted by Gasteiger charge is 2.03. The molecule has 0 aliphatic rings. The molecule has 0 spiro atoms. The zero-order valence-electron chi connectivity index (χ0n) is 10.2. The summed E-state index contributed by atoms with van der Waals surface area (Å²) in [6.45, 7) is 6.53. The van der Waals surface area contributed by atoms with E-state index in [9.17, 15) is 0 Å². The fourth-order valence-electron chi connectivity index (χ4n) is 2.24. The van der Waals surface area contributed by atoms with Gasteiger partial charge in [-0.15, -0.1) is 0 Å². The highest BCUT2D eigenvalue weighted by Crippen LogP contribution is 2.25. The molecule has 0 radical (unpaired) electrons. The first-order valence-electron chi connectivity index (χ1n) is 5.87. The van der Waals surface area contributed by atoms with E-state index in [4.69, 9.17) is 0 Å². The molecular formula is C16H18. The predicted molar refractivity (Wildman–Crippen MR) is 70.7 cm³/mol. The molecule has 0 atom stereocenters. The largest absolute Gasteiger partial charge is 0.0620 e. The lowest BCUT2D eigenvalue weighted by molar-refractivity contribution is 1.14. The van der Waals surface area contributed by atoms with Crippen LogP contribution in [0.15, 0.2) is 42.5 Å². The number of hydrogen-bond acceptors (Lipinski definition) is 0. The summed E-state index contributed by atoms with van der Waals surface area (Å²) in [4.78, 5) is 0. The Morgan fingerprint density at radius 3 is 2.12 bits per heavy atom. The Kier molecular flexibility index (Phi) is 3.09. The van der Waals surface area contributed by atoms with Crippen molar-refractivity contribution in [3.63, 3.8) is 0 Å². The van der Waals surface area contributed by atoms with Crippen molar-refractivity contribution in [2.24, 2.45) is 0 Å². The quantitative estimate of drug-likeness (QED) is 0.683. The van der Waals surface area contributed by atoms with Crippen molar-refractivity contribution in [2.45, 2.75) is 27.2 Å². The van der Waals surface area contributed by atoms with Crippen LogP contribution in [0.3, 0.4) is 0 Å². The lowest BCUT2D eigenvalue weighted by Gasteiger charge is -2.09. The van der Waals surface area contributed by atoms with Gasteiger partial charge in [-0.05, 0) is 37.0 Å². The summed E-state index contributed by atoms with van der Waals surface area (Å²) < 4.78 is 0. The summed E-state index contributed by atoms with van der Waals surface area (Å²) in [6, 6.07) is 15.4. The molecule has 0 fully saturated rings. The first kappa shape index (κ1) is 10.9. The molecule has 2 rings (SSSR count). The minimum atomic E-state index is 1.09. The Labute approximate surface area is 97.9 Å². The molecule has 82 valence electrons. The van der Waals surface area contributed by atoms with Crippen LogP contribution < -0.4 is 0 Å². The monoisotopic (exact) mass is 210 g/mol. The fourth-order valence-corrected chi connectivity index (χ4v) is 2.24. The van der Waals surface area contributed by atoms with Crippen LogP contribution >= 0.6 is 0 Å². The lowest BCUT2D eigenvalue weighted by atomic mass is 9.95. The molecule has 0 saturated carbocycles. The average Bonchev–Trinajstić information content (AvgIpc) is 2.27. The maximum Gasteiger partial charge on any atom is -0.0152 e. The minimum Gasteiger partial charge on any atom is -0.0620 e. The lowest BCUT2D eigenvalue weighted by Crippen LogP contribution is -1.88. The maximum absolute atomic E-state index is 2.27. The van der Waals surface area contributed by atoms with Crippen molar-refractivity contribution in [1.82, 2.24) is 0 Å². The molecule has 0 aromatic heterocycles. The van der Waals surface area contributed by atoms with Crippen LogP contribution in [0.4, 0.5) is 0 Å². The van der Waals surface area contributed by atoms with E-state index in [0.29, 0.717) is 0 Å². The molecule has 0 bridgehead atoms. The topological polar surface area (TPSA) is 0 Å². The van der Waals surface area contributed by atoms with Crippen LogP contribution in [0.25, 0.3) is 11.1 Å². The van der Waals surface area contributed by atoms with Crippen molar-refractivity contribution in [3.8, 4) is 11.1 Å². The molecule has 0 N–H and O–H groups in total. The van der Waals surface area contributed by atoms with Gasteiger partial charge in [0.25, 0.3) is 0 Å². The standard InChI is InChI=1S/C16H18/c1-4-14-7-5-6-8-16(14)15-10-12(2)9-13(3)11-15/h5-11H,4H2,1-3H3. The van der Waals surface area contributed by atoms with Gasteiger partial charge in [-0.25, -0.2) is 0 Å². The van der Waals surface area contributed by atoms with E-state index >= 15 is 0 Å². The predicted octanol–water partition coefficient (Wildman–Crippen LogP) is 4.53. The Bertz CT molecular complexity index is 475. The summed E-state index contributed by atoms with van der Waals surface area (Å²) in [5.41, 5.74) is 6.81. The van der Waals surface area contributed by atoms with Gasteiger partial charge < -0.3 is 0 Å².